The molecule has 2 N–H and O–H groups in total. The number of nitrogens with zero attached hydrogens (tertiary/aromatic N) is 3. The standard InChI is InChI=1S/C19H24N4OS2/c1-4-8-23(9-5-2)15(24)11-25-19-21-17(20)16-13-7-6-12(3)10-14(13)26-18(16)22-19/h4-5,12H,1-2,6-11H2,3H3,(H2,20,21,22). The van der Waals surface area contributed by atoms with Gasteiger partial charge in [0, 0.05) is 18.0 Å². The number of rotatable bonds is 7. The Hall–Kier alpha value is -1.86. The number of thioether (sulfide) groups is 1. The van der Waals surface area contributed by atoms with Crippen LogP contribution in [0.3, 0.4) is 0 Å². The maximum absolute atomic E-state index is 12.4. The summed E-state index contributed by atoms with van der Waals surface area (Å²) in [6.45, 7) is 10.7. The van der Waals surface area contributed by atoms with Crippen molar-refractivity contribution >= 4 is 45.0 Å². The molecule has 0 aliphatic heterocycles. The molecule has 3 rings (SSSR count). The van der Waals surface area contributed by atoms with Crippen molar-refractivity contribution in [3.05, 3.63) is 35.8 Å². The van der Waals surface area contributed by atoms with Gasteiger partial charge in [-0.3, -0.25) is 4.79 Å². The normalized spacial score (nSPS) is 16.3. The molecule has 0 bridgehead atoms. The molecule has 1 unspecified atom stereocenters. The van der Waals surface area contributed by atoms with E-state index in [1.807, 2.05) is 0 Å². The van der Waals surface area contributed by atoms with Gasteiger partial charge in [-0.1, -0.05) is 30.8 Å². The van der Waals surface area contributed by atoms with E-state index in [0.717, 1.165) is 23.1 Å². The number of aryl methyl sites for hydroxylation is 1. The number of amides is 1. The zero-order valence-electron chi connectivity index (χ0n) is 15.0. The lowest BCUT2D eigenvalue weighted by molar-refractivity contribution is -0.127. The van der Waals surface area contributed by atoms with Crippen molar-refractivity contribution in [1.82, 2.24) is 14.9 Å². The first-order valence-corrected chi connectivity index (χ1v) is 10.5. The number of aromatic nitrogens is 2. The minimum Gasteiger partial charge on any atom is -0.383 e. The van der Waals surface area contributed by atoms with Gasteiger partial charge >= 0.3 is 0 Å². The largest absolute Gasteiger partial charge is 0.383 e. The van der Waals surface area contributed by atoms with Crippen LogP contribution >= 0.6 is 23.1 Å². The van der Waals surface area contributed by atoms with Gasteiger partial charge in [0.15, 0.2) is 5.16 Å². The fraction of sp³-hybridized carbons (Fsp3) is 0.421. The number of carbonyl (C=O) groups is 1. The SMILES string of the molecule is C=CCN(CC=C)C(=O)CSc1nc(N)c2c3c(sc2n1)CC(C)CC3. The third-order valence-corrected chi connectivity index (χ3v) is 6.52. The van der Waals surface area contributed by atoms with Crippen molar-refractivity contribution in [2.75, 3.05) is 24.6 Å². The molecule has 0 spiro atoms. The molecule has 0 aromatic carbocycles. The number of nitrogen functional groups attached to an aromatic ring is 1. The Morgan fingerprint density at radius 3 is 2.81 bits per heavy atom. The van der Waals surface area contributed by atoms with Crippen LogP contribution in [-0.2, 0) is 17.6 Å². The predicted octanol–water partition coefficient (Wildman–Crippen LogP) is 3.69. The number of fused-ring (bicyclic) bond motifs is 3. The van der Waals surface area contributed by atoms with Crippen LogP contribution in [0.15, 0.2) is 30.5 Å². The van der Waals surface area contributed by atoms with Crippen LogP contribution in [0.4, 0.5) is 5.82 Å². The summed E-state index contributed by atoms with van der Waals surface area (Å²) in [7, 11) is 0. The first-order chi connectivity index (χ1) is 12.5. The predicted molar refractivity (Wildman–Crippen MR) is 111 cm³/mol. The lowest BCUT2D eigenvalue weighted by Gasteiger charge is -2.18. The number of nitrogens with two attached hydrogens (primary N) is 1. The number of anilines is 1. The quantitative estimate of drug-likeness (QED) is 0.445. The monoisotopic (exact) mass is 388 g/mol. The Balaban J connectivity index is 1.78. The third-order valence-electron chi connectivity index (χ3n) is 4.54. The van der Waals surface area contributed by atoms with Crippen molar-refractivity contribution in [2.24, 2.45) is 5.92 Å². The molecular formula is C19H24N4OS2. The average molecular weight is 389 g/mol. The molecule has 1 amide bonds. The van der Waals surface area contributed by atoms with Crippen LogP contribution in [0.25, 0.3) is 10.2 Å². The lowest BCUT2D eigenvalue weighted by Crippen LogP contribution is -2.32. The number of carbonyl (C=O) groups excluding carboxylic acids is 1. The molecule has 0 radical (unpaired) electrons. The first-order valence-electron chi connectivity index (χ1n) is 8.73. The van der Waals surface area contributed by atoms with Gasteiger partial charge in [-0.2, -0.15) is 0 Å². The lowest BCUT2D eigenvalue weighted by atomic mass is 9.89. The highest BCUT2D eigenvalue weighted by molar-refractivity contribution is 7.99. The van der Waals surface area contributed by atoms with Gasteiger partial charge in [0.25, 0.3) is 0 Å². The average Bonchev–Trinajstić information content (AvgIpc) is 2.97. The van der Waals surface area contributed by atoms with E-state index in [1.54, 1.807) is 28.4 Å². The number of thiophene rings is 1. The number of hydrogen-bond acceptors (Lipinski definition) is 6. The van der Waals surface area contributed by atoms with E-state index < -0.39 is 0 Å². The minimum absolute atomic E-state index is 0.0105. The van der Waals surface area contributed by atoms with Gasteiger partial charge in [0.05, 0.1) is 11.1 Å². The fourth-order valence-corrected chi connectivity index (χ4v) is 5.42. The van der Waals surface area contributed by atoms with Crippen molar-refractivity contribution in [1.29, 1.82) is 0 Å². The topological polar surface area (TPSA) is 72.1 Å². The van der Waals surface area contributed by atoms with Gasteiger partial charge in [-0.25, -0.2) is 9.97 Å². The first kappa shape index (κ1) is 18.9. The summed E-state index contributed by atoms with van der Waals surface area (Å²) in [5.41, 5.74) is 7.57. The Morgan fingerprint density at radius 1 is 1.38 bits per heavy atom. The summed E-state index contributed by atoms with van der Waals surface area (Å²) in [5, 5.41) is 1.58. The minimum atomic E-state index is 0.0105. The Kier molecular flexibility index (Phi) is 5.98. The Bertz CT molecular complexity index is 836. The van der Waals surface area contributed by atoms with E-state index in [4.69, 9.17) is 5.73 Å². The molecule has 0 saturated heterocycles. The van der Waals surface area contributed by atoms with Crippen LogP contribution in [0.2, 0.25) is 0 Å². The molecule has 0 fully saturated rings. The maximum Gasteiger partial charge on any atom is 0.233 e. The molecule has 2 aromatic rings. The maximum atomic E-state index is 12.4. The smallest absolute Gasteiger partial charge is 0.233 e. The van der Waals surface area contributed by atoms with Gasteiger partial charge in [-0.05, 0) is 30.7 Å². The summed E-state index contributed by atoms with van der Waals surface area (Å²) in [4.78, 5) is 25.5. The fourth-order valence-electron chi connectivity index (χ4n) is 3.22. The van der Waals surface area contributed by atoms with Gasteiger partial charge in [0.1, 0.15) is 10.6 Å². The Morgan fingerprint density at radius 2 is 2.12 bits per heavy atom. The summed E-state index contributed by atoms with van der Waals surface area (Å²) >= 11 is 3.05. The zero-order chi connectivity index (χ0) is 18.7. The van der Waals surface area contributed by atoms with Crippen LogP contribution in [0.1, 0.15) is 23.8 Å². The molecule has 2 aromatic heterocycles. The summed E-state index contributed by atoms with van der Waals surface area (Å²) in [6.07, 6.45) is 6.75. The van der Waals surface area contributed by atoms with E-state index in [1.165, 1.54) is 28.6 Å². The van der Waals surface area contributed by atoms with Crippen molar-refractivity contribution in [3.63, 3.8) is 0 Å². The highest BCUT2D eigenvalue weighted by Crippen LogP contribution is 2.39. The van der Waals surface area contributed by atoms with Crippen molar-refractivity contribution < 1.29 is 4.79 Å². The number of hydrogen-bond donors (Lipinski definition) is 1. The highest BCUT2D eigenvalue weighted by atomic mass is 32.2. The van der Waals surface area contributed by atoms with Crippen molar-refractivity contribution in [3.8, 4) is 0 Å². The second-order valence-corrected chi connectivity index (χ2v) is 8.61. The summed E-state index contributed by atoms with van der Waals surface area (Å²) in [5.74, 6) is 1.52. The summed E-state index contributed by atoms with van der Waals surface area (Å²) in [6, 6.07) is 0. The molecule has 7 heteroatoms. The van der Waals surface area contributed by atoms with E-state index in [2.05, 4.69) is 30.0 Å². The van der Waals surface area contributed by atoms with E-state index in [9.17, 15) is 4.79 Å². The molecular weight excluding hydrogens is 364 g/mol. The summed E-state index contributed by atoms with van der Waals surface area (Å²) < 4.78 is 0. The van der Waals surface area contributed by atoms with Crippen molar-refractivity contribution in [2.45, 2.75) is 31.3 Å². The van der Waals surface area contributed by atoms with Crippen LogP contribution < -0.4 is 5.73 Å². The van der Waals surface area contributed by atoms with Crippen LogP contribution in [-0.4, -0.2) is 39.6 Å². The molecule has 26 heavy (non-hydrogen) atoms. The van der Waals surface area contributed by atoms with Crippen LogP contribution in [0.5, 0.6) is 0 Å². The van der Waals surface area contributed by atoms with Gasteiger partial charge in [0.2, 0.25) is 5.91 Å². The second kappa shape index (κ2) is 8.22. The molecule has 1 aliphatic rings. The molecule has 138 valence electrons. The molecule has 1 atom stereocenters. The van der Waals surface area contributed by atoms with E-state index in [0.29, 0.717) is 30.0 Å². The van der Waals surface area contributed by atoms with E-state index in [-0.39, 0.29) is 11.7 Å². The molecule has 0 saturated carbocycles. The van der Waals surface area contributed by atoms with Crippen LogP contribution in [0, 0.1) is 5.92 Å². The molecule has 2 heterocycles. The highest BCUT2D eigenvalue weighted by Gasteiger charge is 2.23. The van der Waals surface area contributed by atoms with Gasteiger partial charge < -0.3 is 10.6 Å². The van der Waals surface area contributed by atoms with E-state index >= 15 is 0 Å². The van der Waals surface area contributed by atoms with Gasteiger partial charge in [-0.15, -0.1) is 24.5 Å². The third kappa shape index (κ3) is 3.94. The molecule has 1 aliphatic carbocycles. The zero-order valence-corrected chi connectivity index (χ0v) is 16.7. The molecule has 5 nitrogen and oxygen atoms in total. The second-order valence-electron chi connectivity index (χ2n) is 6.59. The Labute approximate surface area is 162 Å².